The second-order valence-corrected chi connectivity index (χ2v) is 4.52. The average molecular weight is 220 g/mol. The molecule has 0 bridgehead atoms. The van der Waals surface area contributed by atoms with Crippen molar-refractivity contribution in [1.29, 1.82) is 0 Å². The van der Waals surface area contributed by atoms with Crippen LogP contribution in [0.3, 0.4) is 0 Å². The largest absolute Gasteiger partial charge is 0.316 e. The molecule has 1 aromatic rings. The summed E-state index contributed by atoms with van der Waals surface area (Å²) in [5.41, 5.74) is 2.74. The lowest BCUT2D eigenvalue weighted by molar-refractivity contribution is 0.244. The van der Waals surface area contributed by atoms with E-state index in [0.717, 1.165) is 13.1 Å². The first-order chi connectivity index (χ1) is 7.67. The Morgan fingerprint density at radius 3 is 2.25 bits per heavy atom. The second-order valence-electron chi connectivity index (χ2n) is 4.52. The minimum absolute atomic E-state index is 0.650. The summed E-state index contributed by atoms with van der Waals surface area (Å²) < 4.78 is 0. The molecule has 0 saturated carbocycles. The molecule has 0 aromatic heterocycles. The molecule has 2 heteroatoms. The lowest BCUT2D eigenvalue weighted by Gasteiger charge is -2.23. The Morgan fingerprint density at radius 2 is 1.75 bits per heavy atom. The van der Waals surface area contributed by atoms with Crippen LogP contribution in [0.25, 0.3) is 0 Å². The van der Waals surface area contributed by atoms with Crippen LogP contribution in [0.5, 0.6) is 0 Å². The molecule has 0 heterocycles. The highest BCUT2D eigenvalue weighted by atomic mass is 15.1. The van der Waals surface area contributed by atoms with Crippen LogP contribution in [-0.2, 0) is 13.1 Å². The van der Waals surface area contributed by atoms with Crippen LogP contribution in [0.1, 0.15) is 31.4 Å². The zero-order chi connectivity index (χ0) is 12.0. The summed E-state index contributed by atoms with van der Waals surface area (Å²) in [6.07, 6.45) is 1.20. The Balaban J connectivity index is 2.54. The monoisotopic (exact) mass is 220 g/mol. The van der Waals surface area contributed by atoms with Gasteiger partial charge in [-0.1, -0.05) is 31.2 Å². The maximum Gasteiger partial charge on any atom is 0.0233 e. The number of hydrogen-bond acceptors (Lipinski definition) is 2. The van der Waals surface area contributed by atoms with Crippen molar-refractivity contribution in [2.24, 2.45) is 0 Å². The van der Waals surface area contributed by atoms with E-state index in [1.54, 1.807) is 0 Å². The van der Waals surface area contributed by atoms with Crippen LogP contribution in [0.4, 0.5) is 0 Å². The zero-order valence-corrected chi connectivity index (χ0v) is 11.0. The van der Waals surface area contributed by atoms with E-state index >= 15 is 0 Å². The SMILES string of the molecule is CCC(C)N(C)Cc1ccc(CNC)cc1. The van der Waals surface area contributed by atoms with Crippen LogP contribution < -0.4 is 5.32 Å². The van der Waals surface area contributed by atoms with E-state index in [9.17, 15) is 0 Å². The first-order valence-corrected chi connectivity index (χ1v) is 6.10. The van der Waals surface area contributed by atoms with Crippen LogP contribution in [0.2, 0.25) is 0 Å². The Morgan fingerprint density at radius 1 is 1.19 bits per heavy atom. The molecule has 16 heavy (non-hydrogen) atoms. The molecule has 0 amide bonds. The lowest BCUT2D eigenvalue weighted by Crippen LogP contribution is -2.27. The molecule has 1 rings (SSSR count). The highest BCUT2D eigenvalue weighted by Crippen LogP contribution is 2.09. The summed E-state index contributed by atoms with van der Waals surface area (Å²) in [5, 5.41) is 3.16. The van der Waals surface area contributed by atoms with Gasteiger partial charge in [-0.2, -0.15) is 0 Å². The molecule has 1 unspecified atom stereocenters. The van der Waals surface area contributed by atoms with Crippen molar-refractivity contribution in [2.75, 3.05) is 14.1 Å². The van der Waals surface area contributed by atoms with Crippen LogP contribution in [0.15, 0.2) is 24.3 Å². The van der Waals surface area contributed by atoms with Crippen LogP contribution in [0, 0.1) is 0 Å². The van der Waals surface area contributed by atoms with Gasteiger partial charge in [-0.3, -0.25) is 4.90 Å². The van der Waals surface area contributed by atoms with Gasteiger partial charge >= 0.3 is 0 Å². The van der Waals surface area contributed by atoms with Gasteiger partial charge in [0.1, 0.15) is 0 Å². The van der Waals surface area contributed by atoms with Gasteiger partial charge in [-0.05, 0) is 38.6 Å². The molecule has 0 aliphatic rings. The van der Waals surface area contributed by atoms with E-state index in [4.69, 9.17) is 0 Å². The van der Waals surface area contributed by atoms with E-state index in [1.165, 1.54) is 17.5 Å². The van der Waals surface area contributed by atoms with Crippen LogP contribution in [-0.4, -0.2) is 25.0 Å². The van der Waals surface area contributed by atoms with Gasteiger partial charge in [0, 0.05) is 19.1 Å². The maximum atomic E-state index is 3.16. The van der Waals surface area contributed by atoms with Crippen molar-refractivity contribution in [3.63, 3.8) is 0 Å². The van der Waals surface area contributed by atoms with E-state index in [-0.39, 0.29) is 0 Å². The summed E-state index contributed by atoms with van der Waals surface area (Å²) in [6, 6.07) is 9.51. The molecule has 1 aromatic carbocycles. The predicted molar refractivity (Wildman–Crippen MR) is 70.4 cm³/mol. The van der Waals surface area contributed by atoms with Crippen molar-refractivity contribution < 1.29 is 0 Å². The third kappa shape index (κ3) is 3.95. The Hall–Kier alpha value is -0.860. The summed E-state index contributed by atoms with van der Waals surface area (Å²) >= 11 is 0. The topological polar surface area (TPSA) is 15.3 Å². The molecule has 1 N–H and O–H groups in total. The van der Waals surface area contributed by atoms with Gasteiger partial charge in [0.15, 0.2) is 0 Å². The molecule has 1 atom stereocenters. The predicted octanol–water partition coefficient (Wildman–Crippen LogP) is 2.64. The number of benzene rings is 1. The molecule has 90 valence electrons. The quantitative estimate of drug-likeness (QED) is 0.793. The van der Waals surface area contributed by atoms with Crippen molar-refractivity contribution in [1.82, 2.24) is 10.2 Å². The summed E-state index contributed by atoms with van der Waals surface area (Å²) in [6.45, 7) is 6.49. The normalized spacial score (nSPS) is 13.1. The Labute approximate surface area is 99.7 Å². The van der Waals surface area contributed by atoms with Crippen LogP contribution >= 0.6 is 0 Å². The Kier molecular flexibility index (Phi) is 5.50. The average Bonchev–Trinajstić information content (AvgIpc) is 2.31. The molecule has 0 saturated heterocycles. The molecule has 0 aliphatic carbocycles. The van der Waals surface area contributed by atoms with E-state index in [1.807, 2.05) is 7.05 Å². The summed E-state index contributed by atoms with van der Waals surface area (Å²) in [4.78, 5) is 2.40. The van der Waals surface area contributed by atoms with Crippen molar-refractivity contribution >= 4 is 0 Å². The second kappa shape index (κ2) is 6.66. The minimum atomic E-state index is 0.650. The van der Waals surface area contributed by atoms with E-state index in [2.05, 4.69) is 55.4 Å². The molecular formula is C14H24N2. The molecule has 0 spiro atoms. The highest BCUT2D eigenvalue weighted by Gasteiger charge is 2.06. The summed E-state index contributed by atoms with van der Waals surface area (Å²) in [5.74, 6) is 0. The maximum absolute atomic E-state index is 3.16. The fourth-order valence-corrected chi connectivity index (χ4v) is 1.72. The first kappa shape index (κ1) is 13.2. The van der Waals surface area contributed by atoms with Gasteiger partial charge in [-0.15, -0.1) is 0 Å². The molecule has 0 radical (unpaired) electrons. The highest BCUT2D eigenvalue weighted by molar-refractivity contribution is 5.22. The van der Waals surface area contributed by atoms with Gasteiger partial charge in [0.25, 0.3) is 0 Å². The molecular weight excluding hydrogens is 196 g/mol. The number of hydrogen-bond donors (Lipinski definition) is 1. The van der Waals surface area contributed by atoms with Crippen molar-refractivity contribution in [2.45, 2.75) is 39.4 Å². The standard InChI is InChI=1S/C14H24N2/c1-5-12(2)16(4)11-14-8-6-13(7-9-14)10-15-3/h6-9,12,15H,5,10-11H2,1-4H3. The van der Waals surface area contributed by atoms with E-state index < -0.39 is 0 Å². The summed E-state index contributed by atoms with van der Waals surface area (Å²) in [7, 11) is 4.17. The van der Waals surface area contributed by atoms with Gasteiger partial charge in [-0.25, -0.2) is 0 Å². The molecule has 2 nitrogen and oxygen atoms in total. The smallest absolute Gasteiger partial charge is 0.0233 e. The Bertz CT molecular complexity index is 292. The van der Waals surface area contributed by atoms with E-state index in [0.29, 0.717) is 6.04 Å². The number of nitrogens with one attached hydrogen (secondary N) is 1. The van der Waals surface area contributed by atoms with Gasteiger partial charge in [0.2, 0.25) is 0 Å². The minimum Gasteiger partial charge on any atom is -0.316 e. The number of nitrogens with zero attached hydrogens (tertiary/aromatic N) is 1. The fraction of sp³-hybridized carbons (Fsp3) is 0.571. The fourth-order valence-electron chi connectivity index (χ4n) is 1.72. The number of rotatable bonds is 6. The van der Waals surface area contributed by atoms with Crippen molar-refractivity contribution in [3.05, 3.63) is 35.4 Å². The van der Waals surface area contributed by atoms with Crippen molar-refractivity contribution in [3.8, 4) is 0 Å². The third-order valence-electron chi connectivity index (χ3n) is 3.18. The van der Waals surface area contributed by atoms with Gasteiger partial charge < -0.3 is 5.32 Å². The third-order valence-corrected chi connectivity index (χ3v) is 3.18. The van der Waals surface area contributed by atoms with Gasteiger partial charge in [0.05, 0.1) is 0 Å². The zero-order valence-electron chi connectivity index (χ0n) is 11.0. The molecule has 0 fully saturated rings. The molecule has 0 aliphatic heterocycles. The lowest BCUT2D eigenvalue weighted by atomic mass is 10.1. The first-order valence-electron chi connectivity index (χ1n) is 6.10.